The third-order valence-electron chi connectivity index (χ3n) is 3.52. The molecule has 27 heavy (non-hydrogen) atoms. The van der Waals surface area contributed by atoms with Crippen LogP contribution in [0.1, 0.15) is 25.0 Å². The van der Waals surface area contributed by atoms with Gasteiger partial charge in [-0.1, -0.05) is 54.1 Å². The highest BCUT2D eigenvalue weighted by atomic mass is 35.5. The summed E-state index contributed by atoms with van der Waals surface area (Å²) in [6, 6.07) is 16.8. The van der Waals surface area contributed by atoms with Crippen LogP contribution in [0, 0.1) is 0 Å². The molecular formula is C21H21ClO4S. The fourth-order valence-electron chi connectivity index (χ4n) is 2.31. The van der Waals surface area contributed by atoms with Gasteiger partial charge >= 0.3 is 11.9 Å². The molecule has 0 aliphatic heterocycles. The number of ether oxygens (including phenoxy) is 2. The monoisotopic (exact) mass is 404 g/mol. The van der Waals surface area contributed by atoms with Crippen LogP contribution in [0.5, 0.6) is 0 Å². The third-order valence-corrected chi connectivity index (χ3v) is 4.98. The Morgan fingerprint density at radius 2 is 1.44 bits per heavy atom. The summed E-state index contributed by atoms with van der Waals surface area (Å²) in [7, 11) is 0. The fourth-order valence-corrected chi connectivity index (χ4v) is 3.55. The Balaban J connectivity index is 2.50. The molecule has 0 spiro atoms. The first-order chi connectivity index (χ1) is 13.1. The van der Waals surface area contributed by atoms with Crippen molar-refractivity contribution in [1.82, 2.24) is 0 Å². The molecule has 0 amide bonds. The number of hydrogen-bond acceptors (Lipinski definition) is 5. The number of esters is 2. The van der Waals surface area contributed by atoms with Crippen LogP contribution >= 0.6 is 23.4 Å². The Labute approximate surface area is 168 Å². The summed E-state index contributed by atoms with van der Waals surface area (Å²) >= 11 is 7.37. The Bertz CT molecular complexity index is 781. The van der Waals surface area contributed by atoms with E-state index in [0.717, 1.165) is 5.56 Å². The number of hydrogen-bond donors (Lipinski definition) is 0. The van der Waals surface area contributed by atoms with Gasteiger partial charge in [-0.15, -0.1) is 11.8 Å². The van der Waals surface area contributed by atoms with Crippen molar-refractivity contribution in [3.63, 3.8) is 0 Å². The van der Waals surface area contributed by atoms with Gasteiger partial charge in [0.05, 0.1) is 13.2 Å². The summed E-state index contributed by atoms with van der Waals surface area (Å²) in [5, 5.41) is 0.569. The molecule has 0 radical (unpaired) electrons. The molecular weight excluding hydrogens is 384 g/mol. The van der Waals surface area contributed by atoms with Crippen molar-refractivity contribution >= 4 is 40.2 Å². The van der Waals surface area contributed by atoms with Gasteiger partial charge in [-0.25, -0.2) is 9.59 Å². The molecule has 0 aromatic heterocycles. The van der Waals surface area contributed by atoms with Gasteiger partial charge in [0, 0.05) is 15.7 Å². The summed E-state index contributed by atoms with van der Waals surface area (Å²) in [6.07, 6.45) is 0. The van der Waals surface area contributed by atoms with Gasteiger partial charge in [0.2, 0.25) is 0 Å². The predicted molar refractivity (Wildman–Crippen MR) is 109 cm³/mol. The number of thioether (sulfide) groups is 1. The number of benzene rings is 2. The molecule has 2 aromatic rings. The second-order valence-electron chi connectivity index (χ2n) is 5.43. The van der Waals surface area contributed by atoms with Crippen molar-refractivity contribution in [3.8, 4) is 0 Å². The van der Waals surface area contributed by atoms with Gasteiger partial charge in [0.15, 0.2) is 5.57 Å². The molecule has 4 nitrogen and oxygen atoms in total. The number of halogens is 1. The number of carbonyl (C=O) groups excluding carboxylic acids is 2. The normalized spacial score (nSPS) is 10.2. The van der Waals surface area contributed by atoms with Crippen LogP contribution in [0.4, 0.5) is 0 Å². The maximum atomic E-state index is 12.5. The summed E-state index contributed by atoms with van der Waals surface area (Å²) in [6.45, 7) is 3.72. The second-order valence-corrected chi connectivity index (χ2v) is 6.85. The lowest BCUT2D eigenvalue weighted by Gasteiger charge is -2.14. The highest BCUT2D eigenvalue weighted by Crippen LogP contribution is 2.35. The molecule has 6 heteroatoms. The first-order valence-corrected chi connectivity index (χ1v) is 9.94. The van der Waals surface area contributed by atoms with Gasteiger partial charge in [-0.2, -0.15) is 0 Å². The third kappa shape index (κ3) is 6.15. The molecule has 0 N–H and O–H groups in total. The molecule has 2 rings (SSSR count). The average Bonchev–Trinajstić information content (AvgIpc) is 2.67. The van der Waals surface area contributed by atoms with Gasteiger partial charge in [0.25, 0.3) is 0 Å². The molecule has 142 valence electrons. The minimum atomic E-state index is -0.693. The topological polar surface area (TPSA) is 52.6 Å². The van der Waals surface area contributed by atoms with E-state index in [-0.39, 0.29) is 18.8 Å². The van der Waals surface area contributed by atoms with E-state index in [0.29, 0.717) is 21.2 Å². The van der Waals surface area contributed by atoms with E-state index < -0.39 is 11.9 Å². The van der Waals surface area contributed by atoms with Crippen LogP contribution in [0.25, 0.3) is 4.91 Å². The van der Waals surface area contributed by atoms with Gasteiger partial charge in [0.1, 0.15) is 0 Å². The Kier molecular flexibility index (Phi) is 8.43. The lowest BCUT2D eigenvalue weighted by Crippen LogP contribution is -2.20. The molecule has 0 bridgehead atoms. The number of rotatable bonds is 8. The van der Waals surface area contributed by atoms with E-state index in [4.69, 9.17) is 21.1 Å². The minimum Gasteiger partial charge on any atom is -0.462 e. The number of carbonyl (C=O) groups is 2. The van der Waals surface area contributed by atoms with E-state index in [1.807, 2.05) is 30.3 Å². The van der Waals surface area contributed by atoms with E-state index in [1.165, 1.54) is 11.8 Å². The SMILES string of the molecule is CCOC(=O)C(C(=O)OCC)=C(SCc1ccccc1)c1ccc(Cl)cc1. The molecule has 0 unspecified atom stereocenters. The summed E-state index contributed by atoms with van der Waals surface area (Å²) < 4.78 is 10.2. The van der Waals surface area contributed by atoms with Crippen LogP contribution in [0.2, 0.25) is 5.02 Å². The van der Waals surface area contributed by atoms with Crippen LogP contribution in [-0.4, -0.2) is 25.2 Å². The maximum absolute atomic E-state index is 12.5. The van der Waals surface area contributed by atoms with E-state index in [1.54, 1.807) is 38.1 Å². The van der Waals surface area contributed by atoms with Crippen molar-refractivity contribution < 1.29 is 19.1 Å². The van der Waals surface area contributed by atoms with Crippen molar-refractivity contribution in [2.24, 2.45) is 0 Å². The maximum Gasteiger partial charge on any atom is 0.346 e. The molecule has 0 saturated carbocycles. The highest BCUT2D eigenvalue weighted by Gasteiger charge is 2.27. The summed E-state index contributed by atoms with van der Waals surface area (Å²) in [5.41, 5.74) is 1.68. The van der Waals surface area contributed by atoms with Crippen LogP contribution in [0.15, 0.2) is 60.2 Å². The smallest absolute Gasteiger partial charge is 0.346 e. The van der Waals surface area contributed by atoms with E-state index >= 15 is 0 Å². The molecule has 0 fully saturated rings. The second kappa shape index (κ2) is 10.8. The Morgan fingerprint density at radius 3 is 1.96 bits per heavy atom. The van der Waals surface area contributed by atoms with Crippen LogP contribution in [-0.2, 0) is 24.8 Å². The van der Waals surface area contributed by atoms with Gasteiger partial charge < -0.3 is 9.47 Å². The zero-order chi connectivity index (χ0) is 19.6. The summed E-state index contributed by atoms with van der Waals surface area (Å²) in [4.78, 5) is 25.6. The Hall–Kier alpha value is -2.24. The average molecular weight is 405 g/mol. The largest absolute Gasteiger partial charge is 0.462 e. The lowest BCUT2D eigenvalue weighted by atomic mass is 10.1. The molecule has 0 heterocycles. The van der Waals surface area contributed by atoms with Crippen molar-refractivity contribution in [3.05, 3.63) is 76.3 Å². The zero-order valence-corrected chi connectivity index (χ0v) is 16.8. The predicted octanol–water partition coefficient (Wildman–Crippen LogP) is 5.11. The molecule has 0 saturated heterocycles. The lowest BCUT2D eigenvalue weighted by molar-refractivity contribution is -0.146. The van der Waals surface area contributed by atoms with Crippen molar-refractivity contribution in [2.45, 2.75) is 19.6 Å². The van der Waals surface area contributed by atoms with E-state index in [9.17, 15) is 9.59 Å². The first-order valence-electron chi connectivity index (χ1n) is 8.58. The standard InChI is InChI=1S/C21H21ClO4S/c1-3-25-20(23)18(21(24)26-4-2)19(16-10-12-17(22)13-11-16)27-14-15-8-6-5-7-9-15/h5-13H,3-4,14H2,1-2H3. The van der Waals surface area contributed by atoms with Crippen molar-refractivity contribution in [1.29, 1.82) is 0 Å². The highest BCUT2D eigenvalue weighted by molar-refractivity contribution is 8.07. The quantitative estimate of drug-likeness (QED) is 0.265. The van der Waals surface area contributed by atoms with Crippen LogP contribution < -0.4 is 0 Å². The molecule has 2 aromatic carbocycles. The molecule has 0 atom stereocenters. The first kappa shape index (κ1) is 21.1. The van der Waals surface area contributed by atoms with Gasteiger partial charge in [-0.05, 0) is 37.1 Å². The zero-order valence-electron chi connectivity index (χ0n) is 15.2. The van der Waals surface area contributed by atoms with Gasteiger partial charge in [-0.3, -0.25) is 0 Å². The summed E-state index contributed by atoms with van der Waals surface area (Å²) in [5.74, 6) is -0.802. The molecule has 0 aliphatic rings. The fraction of sp³-hybridized carbons (Fsp3) is 0.238. The Morgan fingerprint density at radius 1 is 0.889 bits per heavy atom. The molecule has 0 aliphatic carbocycles. The van der Waals surface area contributed by atoms with Crippen molar-refractivity contribution in [2.75, 3.05) is 13.2 Å². The minimum absolute atomic E-state index is 0.0954. The van der Waals surface area contributed by atoms with E-state index in [2.05, 4.69) is 0 Å². The van der Waals surface area contributed by atoms with Crippen LogP contribution in [0.3, 0.4) is 0 Å².